The van der Waals surface area contributed by atoms with Gasteiger partial charge < -0.3 is 10.1 Å². The summed E-state index contributed by atoms with van der Waals surface area (Å²) in [6, 6.07) is 6.94. The minimum Gasteiger partial charge on any atom is -0.489 e. The fourth-order valence-electron chi connectivity index (χ4n) is 2.09. The van der Waals surface area contributed by atoms with Gasteiger partial charge in [0.2, 0.25) is 0 Å². The molecular formula is C14H22N2O. The molecule has 1 aromatic rings. The molecule has 94 valence electrons. The highest BCUT2D eigenvalue weighted by Gasteiger charge is 2.16. The predicted molar refractivity (Wildman–Crippen MR) is 71.6 cm³/mol. The number of nitrogens with one attached hydrogen (secondary N) is 1. The van der Waals surface area contributed by atoms with Crippen LogP contribution in [0.15, 0.2) is 18.2 Å². The first-order chi connectivity index (χ1) is 8.22. The Hall–Kier alpha value is -1.22. The number of ether oxygens (including phenoxy) is 1. The number of hydrogen-bond acceptors (Lipinski definition) is 3. The van der Waals surface area contributed by atoms with Crippen LogP contribution in [0, 0.1) is 0 Å². The van der Waals surface area contributed by atoms with Crippen molar-refractivity contribution in [3.05, 3.63) is 23.8 Å². The zero-order valence-electron chi connectivity index (χ0n) is 11.0. The van der Waals surface area contributed by atoms with E-state index in [1.165, 1.54) is 12.0 Å². The number of benzene rings is 1. The number of fused-ring (bicyclic) bond motifs is 1. The summed E-state index contributed by atoms with van der Waals surface area (Å²) in [5.74, 6) is 1.04. The Bertz CT molecular complexity index is 378. The molecule has 0 radical (unpaired) electrons. The van der Waals surface area contributed by atoms with Crippen molar-refractivity contribution < 1.29 is 4.74 Å². The Labute approximate surface area is 104 Å². The molecule has 17 heavy (non-hydrogen) atoms. The summed E-state index contributed by atoms with van der Waals surface area (Å²) in [6.07, 6.45) is 1.17. The van der Waals surface area contributed by atoms with Crippen molar-refractivity contribution in [1.82, 2.24) is 4.90 Å². The Balaban J connectivity index is 2.15. The average molecular weight is 234 g/mol. The van der Waals surface area contributed by atoms with E-state index in [4.69, 9.17) is 4.74 Å². The van der Waals surface area contributed by atoms with Crippen molar-refractivity contribution in [2.24, 2.45) is 0 Å². The maximum absolute atomic E-state index is 5.78. The monoisotopic (exact) mass is 234 g/mol. The number of rotatable bonds is 4. The summed E-state index contributed by atoms with van der Waals surface area (Å²) in [5.41, 5.74) is 2.41. The van der Waals surface area contributed by atoms with Crippen molar-refractivity contribution in [2.45, 2.75) is 32.9 Å². The standard InChI is InChI=1S/C14H22N2O/c1-4-11(2)16(3)10-12-6-5-7-13-14(12)17-9-8-15-13/h5-7,11,15H,4,8-10H2,1-3H3. The molecule has 0 saturated heterocycles. The van der Waals surface area contributed by atoms with Gasteiger partial charge in [-0.2, -0.15) is 0 Å². The quantitative estimate of drug-likeness (QED) is 0.867. The largest absolute Gasteiger partial charge is 0.489 e. The van der Waals surface area contributed by atoms with Gasteiger partial charge in [0.15, 0.2) is 0 Å². The highest BCUT2D eigenvalue weighted by molar-refractivity contribution is 5.61. The van der Waals surface area contributed by atoms with Crippen molar-refractivity contribution in [3.63, 3.8) is 0 Å². The van der Waals surface area contributed by atoms with Gasteiger partial charge in [0.1, 0.15) is 12.4 Å². The van der Waals surface area contributed by atoms with Gasteiger partial charge in [-0.1, -0.05) is 19.1 Å². The molecular weight excluding hydrogens is 212 g/mol. The lowest BCUT2D eigenvalue weighted by Gasteiger charge is -2.27. The molecule has 3 heteroatoms. The zero-order valence-corrected chi connectivity index (χ0v) is 11.0. The molecule has 3 nitrogen and oxygen atoms in total. The SMILES string of the molecule is CCC(C)N(C)Cc1cccc2c1OCCN2. The first-order valence-electron chi connectivity index (χ1n) is 6.41. The summed E-state index contributed by atoms with van der Waals surface area (Å²) >= 11 is 0. The first-order valence-corrected chi connectivity index (χ1v) is 6.41. The van der Waals surface area contributed by atoms with Crippen LogP contribution >= 0.6 is 0 Å². The Morgan fingerprint density at radius 2 is 2.29 bits per heavy atom. The molecule has 1 heterocycles. The fourth-order valence-corrected chi connectivity index (χ4v) is 2.09. The average Bonchev–Trinajstić information content (AvgIpc) is 2.38. The van der Waals surface area contributed by atoms with Gasteiger partial charge in [0.05, 0.1) is 5.69 Å². The molecule has 2 rings (SSSR count). The van der Waals surface area contributed by atoms with Crippen LogP contribution in [0.2, 0.25) is 0 Å². The molecule has 0 amide bonds. The van der Waals surface area contributed by atoms with Crippen LogP contribution in [-0.4, -0.2) is 31.1 Å². The summed E-state index contributed by atoms with van der Waals surface area (Å²) in [6.45, 7) is 7.09. The van der Waals surface area contributed by atoms with Gasteiger partial charge >= 0.3 is 0 Å². The van der Waals surface area contributed by atoms with Crippen molar-refractivity contribution in [3.8, 4) is 5.75 Å². The van der Waals surface area contributed by atoms with Crippen LogP contribution in [0.25, 0.3) is 0 Å². The summed E-state index contributed by atoms with van der Waals surface area (Å²) < 4.78 is 5.78. The molecule has 0 aromatic heterocycles. The Morgan fingerprint density at radius 1 is 1.47 bits per heavy atom. The lowest BCUT2D eigenvalue weighted by Crippen LogP contribution is -2.28. The van der Waals surface area contributed by atoms with Gasteiger partial charge in [-0.15, -0.1) is 0 Å². The molecule has 0 spiro atoms. The van der Waals surface area contributed by atoms with Gasteiger partial charge in [-0.3, -0.25) is 4.90 Å². The van der Waals surface area contributed by atoms with Crippen LogP contribution in [0.1, 0.15) is 25.8 Å². The minimum absolute atomic E-state index is 0.599. The molecule has 1 aromatic carbocycles. The second-order valence-electron chi connectivity index (χ2n) is 4.74. The van der Waals surface area contributed by atoms with Crippen molar-refractivity contribution >= 4 is 5.69 Å². The zero-order chi connectivity index (χ0) is 12.3. The smallest absolute Gasteiger partial charge is 0.146 e. The molecule has 0 bridgehead atoms. The van der Waals surface area contributed by atoms with Crippen molar-refractivity contribution in [1.29, 1.82) is 0 Å². The van der Waals surface area contributed by atoms with E-state index in [0.717, 1.165) is 31.1 Å². The normalized spacial score (nSPS) is 16.0. The third-order valence-corrected chi connectivity index (χ3v) is 3.52. The van der Waals surface area contributed by atoms with Crippen LogP contribution < -0.4 is 10.1 Å². The highest BCUT2D eigenvalue weighted by Crippen LogP contribution is 2.32. The summed E-state index contributed by atoms with van der Waals surface area (Å²) in [7, 11) is 2.17. The molecule has 1 N–H and O–H groups in total. The fraction of sp³-hybridized carbons (Fsp3) is 0.571. The lowest BCUT2D eigenvalue weighted by atomic mass is 10.1. The van der Waals surface area contributed by atoms with E-state index in [0.29, 0.717) is 6.04 Å². The number of para-hydroxylation sites is 1. The van der Waals surface area contributed by atoms with Crippen LogP contribution in [0.5, 0.6) is 5.75 Å². The summed E-state index contributed by atoms with van der Waals surface area (Å²) in [4.78, 5) is 2.37. The van der Waals surface area contributed by atoms with E-state index in [-0.39, 0.29) is 0 Å². The first kappa shape index (κ1) is 12.2. The third-order valence-electron chi connectivity index (χ3n) is 3.52. The highest BCUT2D eigenvalue weighted by atomic mass is 16.5. The molecule has 1 unspecified atom stereocenters. The van der Waals surface area contributed by atoms with Crippen molar-refractivity contribution in [2.75, 3.05) is 25.5 Å². The second-order valence-corrected chi connectivity index (χ2v) is 4.74. The van der Waals surface area contributed by atoms with Crippen LogP contribution in [-0.2, 0) is 6.54 Å². The van der Waals surface area contributed by atoms with E-state index in [1.54, 1.807) is 0 Å². The topological polar surface area (TPSA) is 24.5 Å². The van der Waals surface area contributed by atoms with Crippen LogP contribution in [0.4, 0.5) is 5.69 Å². The summed E-state index contributed by atoms with van der Waals surface area (Å²) in [5, 5.41) is 3.38. The number of hydrogen-bond donors (Lipinski definition) is 1. The predicted octanol–water partition coefficient (Wildman–Crippen LogP) is 2.72. The minimum atomic E-state index is 0.599. The molecule has 1 aliphatic heterocycles. The molecule has 0 saturated carbocycles. The van der Waals surface area contributed by atoms with Gasteiger partial charge in [0.25, 0.3) is 0 Å². The molecule has 1 aliphatic rings. The Kier molecular flexibility index (Phi) is 3.89. The second kappa shape index (κ2) is 5.41. The maximum atomic E-state index is 5.78. The van der Waals surface area contributed by atoms with E-state index in [2.05, 4.69) is 49.3 Å². The van der Waals surface area contributed by atoms with Gasteiger partial charge in [-0.05, 0) is 26.5 Å². The van der Waals surface area contributed by atoms with Crippen LogP contribution in [0.3, 0.4) is 0 Å². The van der Waals surface area contributed by atoms with E-state index < -0.39 is 0 Å². The van der Waals surface area contributed by atoms with Gasteiger partial charge in [-0.25, -0.2) is 0 Å². The Morgan fingerprint density at radius 3 is 3.06 bits per heavy atom. The number of anilines is 1. The van der Waals surface area contributed by atoms with E-state index in [1.807, 2.05) is 0 Å². The van der Waals surface area contributed by atoms with E-state index >= 15 is 0 Å². The molecule has 0 fully saturated rings. The lowest BCUT2D eigenvalue weighted by molar-refractivity contribution is 0.237. The number of nitrogens with zero attached hydrogens (tertiary/aromatic N) is 1. The van der Waals surface area contributed by atoms with E-state index in [9.17, 15) is 0 Å². The third kappa shape index (κ3) is 2.72. The molecule has 0 aliphatic carbocycles. The van der Waals surface area contributed by atoms with Gasteiger partial charge in [0, 0.05) is 24.7 Å². The maximum Gasteiger partial charge on any atom is 0.146 e. The molecule has 1 atom stereocenters.